The Bertz CT molecular complexity index is 526. The van der Waals surface area contributed by atoms with Crippen molar-refractivity contribution >= 4 is 0 Å². The molecule has 10 unspecified atom stereocenters. The fourth-order valence-electron chi connectivity index (χ4n) is 8.86. The van der Waals surface area contributed by atoms with E-state index in [-0.39, 0.29) is 6.10 Å². The lowest BCUT2D eigenvalue weighted by Gasteiger charge is -2.56. The van der Waals surface area contributed by atoms with E-state index in [1.807, 2.05) is 0 Å². The van der Waals surface area contributed by atoms with Crippen molar-refractivity contribution in [3.8, 4) is 0 Å². The summed E-state index contributed by atoms with van der Waals surface area (Å²) in [5.41, 5.74) is 0.628. The average Bonchev–Trinajstić information content (AvgIpc) is 3.02. The van der Waals surface area contributed by atoms with Crippen LogP contribution in [0.4, 0.5) is 0 Å². The zero-order valence-corrected chi connectivity index (χ0v) is 19.5. The van der Waals surface area contributed by atoms with E-state index in [9.17, 15) is 5.11 Å². The van der Waals surface area contributed by atoms with Gasteiger partial charge in [-0.05, 0) is 116 Å². The molecule has 0 aromatic heterocycles. The maximum Gasteiger partial charge on any atom is 0.0543 e. The molecule has 162 valence electrons. The van der Waals surface area contributed by atoms with Crippen molar-refractivity contribution in [1.29, 1.82) is 0 Å². The lowest BCUT2D eigenvalue weighted by Crippen LogP contribution is -2.49. The van der Waals surface area contributed by atoms with Crippen molar-refractivity contribution < 1.29 is 5.11 Å². The molecule has 28 heavy (non-hydrogen) atoms. The van der Waals surface area contributed by atoms with Crippen molar-refractivity contribution in [2.24, 2.45) is 58.7 Å². The molecule has 0 aromatic carbocycles. The second kappa shape index (κ2) is 8.24. The Labute approximate surface area is 175 Å². The highest BCUT2D eigenvalue weighted by Crippen LogP contribution is 2.65. The highest BCUT2D eigenvalue weighted by atomic mass is 16.3. The zero-order valence-electron chi connectivity index (χ0n) is 19.5. The number of rotatable bonds is 5. The molecule has 0 heterocycles. The maximum absolute atomic E-state index is 10.2. The van der Waals surface area contributed by atoms with Crippen LogP contribution in [-0.2, 0) is 0 Å². The van der Waals surface area contributed by atoms with Gasteiger partial charge in [-0.1, -0.05) is 47.5 Å². The molecule has 0 bridgehead atoms. The summed E-state index contributed by atoms with van der Waals surface area (Å²) in [6.07, 6.45) is 15.3. The molecular formula is C27H48O. The number of fused-ring (bicyclic) bond motifs is 5. The number of hydrogen-bond donors (Lipinski definition) is 1. The van der Waals surface area contributed by atoms with Crippen LogP contribution in [0.15, 0.2) is 0 Å². The predicted octanol–water partition coefficient (Wildman–Crippen LogP) is 7.32. The van der Waals surface area contributed by atoms with E-state index >= 15 is 0 Å². The molecule has 0 radical (unpaired) electrons. The van der Waals surface area contributed by atoms with Crippen molar-refractivity contribution in [2.45, 2.75) is 111 Å². The Kier molecular flexibility index (Phi) is 6.24. The lowest BCUT2D eigenvalue weighted by atomic mass is 9.49. The molecule has 0 aromatic rings. The van der Waals surface area contributed by atoms with Crippen molar-refractivity contribution in [2.75, 3.05) is 0 Å². The first-order valence-corrected chi connectivity index (χ1v) is 13.0. The van der Waals surface area contributed by atoms with Crippen LogP contribution in [0.5, 0.6) is 0 Å². The summed E-state index contributed by atoms with van der Waals surface area (Å²) in [4.78, 5) is 0. The molecule has 0 aliphatic heterocycles. The van der Waals surface area contributed by atoms with Gasteiger partial charge in [0.25, 0.3) is 0 Å². The standard InChI is InChI=1S/C27H48O/c1-17(2)18(3)6-7-19(4)25-12-13-26-24-10-8-20-16-21(28)9-11-22(20)23(24)14-15-27(25,26)5/h17-26,28H,6-16H2,1-5H3. The van der Waals surface area contributed by atoms with Crippen molar-refractivity contribution in [3.05, 3.63) is 0 Å². The summed E-state index contributed by atoms with van der Waals surface area (Å²) in [6.45, 7) is 12.6. The van der Waals surface area contributed by atoms with Gasteiger partial charge in [-0.2, -0.15) is 0 Å². The quantitative estimate of drug-likeness (QED) is 0.523. The Morgan fingerprint density at radius 2 is 1.57 bits per heavy atom. The largest absolute Gasteiger partial charge is 0.393 e. The molecule has 4 aliphatic rings. The van der Waals surface area contributed by atoms with Crippen LogP contribution in [0.2, 0.25) is 0 Å². The number of aliphatic hydroxyl groups is 1. The van der Waals surface area contributed by atoms with E-state index in [1.54, 1.807) is 0 Å². The third-order valence-corrected chi connectivity index (χ3v) is 10.9. The average molecular weight is 389 g/mol. The van der Waals surface area contributed by atoms with Gasteiger partial charge >= 0.3 is 0 Å². The third kappa shape index (κ3) is 3.72. The smallest absolute Gasteiger partial charge is 0.0543 e. The van der Waals surface area contributed by atoms with Crippen LogP contribution in [0, 0.1) is 58.7 Å². The summed E-state index contributed by atoms with van der Waals surface area (Å²) >= 11 is 0. The third-order valence-electron chi connectivity index (χ3n) is 10.9. The molecule has 4 saturated carbocycles. The summed E-state index contributed by atoms with van der Waals surface area (Å²) in [6, 6.07) is 0. The fourth-order valence-corrected chi connectivity index (χ4v) is 8.86. The number of hydrogen-bond acceptors (Lipinski definition) is 1. The second-order valence-electron chi connectivity index (χ2n) is 12.4. The van der Waals surface area contributed by atoms with Crippen LogP contribution >= 0.6 is 0 Å². The van der Waals surface area contributed by atoms with Crippen LogP contribution < -0.4 is 0 Å². The van der Waals surface area contributed by atoms with Gasteiger partial charge in [-0.3, -0.25) is 0 Å². The van der Waals surface area contributed by atoms with Gasteiger partial charge in [0, 0.05) is 0 Å². The molecule has 0 amide bonds. The van der Waals surface area contributed by atoms with Gasteiger partial charge < -0.3 is 5.11 Å². The summed E-state index contributed by atoms with van der Waals surface area (Å²) in [5, 5.41) is 10.2. The number of aliphatic hydroxyl groups excluding tert-OH is 1. The van der Waals surface area contributed by atoms with E-state index in [1.165, 1.54) is 57.8 Å². The van der Waals surface area contributed by atoms with E-state index in [0.29, 0.717) is 5.41 Å². The molecule has 10 atom stereocenters. The van der Waals surface area contributed by atoms with Crippen LogP contribution in [0.3, 0.4) is 0 Å². The van der Waals surface area contributed by atoms with Crippen molar-refractivity contribution in [3.63, 3.8) is 0 Å². The first kappa shape index (κ1) is 21.2. The molecular weight excluding hydrogens is 340 g/mol. The normalized spacial score (nSPS) is 47.9. The molecule has 1 N–H and O–H groups in total. The van der Waals surface area contributed by atoms with Crippen molar-refractivity contribution in [1.82, 2.24) is 0 Å². The first-order valence-electron chi connectivity index (χ1n) is 13.0. The van der Waals surface area contributed by atoms with Gasteiger partial charge in [0.2, 0.25) is 0 Å². The Morgan fingerprint density at radius 1 is 0.821 bits per heavy atom. The topological polar surface area (TPSA) is 20.2 Å². The van der Waals surface area contributed by atoms with Gasteiger partial charge in [-0.15, -0.1) is 0 Å². The highest BCUT2D eigenvalue weighted by molar-refractivity contribution is 5.06. The van der Waals surface area contributed by atoms with Gasteiger partial charge in [0.05, 0.1) is 6.10 Å². The monoisotopic (exact) mass is 388 g/mol. The summed E-state index contributed by atoms with van der Waals surface area (Å²) in [7, 11) is 0. The Balaban J connectivity index is 1.42. The molecule has 4 fully saturated rings. The minimum absolute atomic E-state index is 0.0107. The maximum atomic E-state index is 10.2. The first-order chi connectivity index (χ1) is 13.3. The van der Waals surface area contributed by atoms with Gasteiger partial charge in [-0.25, -0.2) is 0 Å². The van der Waals surface area contributed by atoms with Gasteiger partial charge in [0.15, 0.2) is 0 Å². The zero-order chi connectivity index (χ0) is 20.1. The molecule has 4 aliphatic carbocycles. The minimum atomic E-state index is 0.0107. The highest BCUT2D eigenvalue weighted by Gasteiger charge is 2.57. The Morgan fingerprint density at radius 3 is 2.32 bits per heavy atom. The van der Waals surface area contributed by atoms with E-state index in [4.69, 9.17) is 0 Å². The predicted molar refractivity (Wildman–Crippen MR) is 119 cm³/mol. The van der Waals surface area contributed by atoms with Crippen LogP contribution in [-0.4, -0.2) is 11.2 Å². The van der Waals surface area contributed by atoms with E-state index in [0.717, 1.165) is 66.1 Å². The summed E-state index contributed by atoms with van der Waals surface area (Å²) in [5.74, 6) is 8.42. The van der Waals surface area contributed by atoms with Gasteiger partial charge in [0.1, 0.15) is 0 Å². The minimum Gasteiger partial charge on any atom is -0.393 e. The second-order valence-corrected chi connectivity index (χ2v) is 12.4. The summed E-state index contributed by atoms with van der Waals surface area (Å²) < 4.78 is 0. The van der Waals surface area contributed by atoms with Crippen LogP contribution in [0.25, 0.3) is 0 Å². The molecule has 4 rings (SSSR count). The SMILES string of the molecule is CC(C)C(C)CCC(C)C1CCC2C3CCC4CC(O)CCC4C3CCC12C. The fraction of sp³-hybridized carbons (Fsp3) is 1.00. The molecule has 1 heteroatoms. The molecule has 0 saturated heterocycles. The van der Waals surface area contributed by atoms with E-state index < -0.39 is 0 Å². The molecule has 1 nitrogen and oxygen atoms in total. The Hall–Kier alpha value is -0.0400. The van der Waals surface area contributed by atoms with E-state index in [2.05, 4.69) is 34.6 Å². The van der Waals surface area contributed by atoms with Crippen LogP contribution in [0.1, 0.15) is 105 Å². The lowest BCUT2D eigenvalue weighted by molar-refractivity contribution is -0.0823. The molecule has 0 spiro atoms.